The van der Waals surface area contributed by atoms with Crippen LogP contribution in [0, 0.1) is 0 Å². The van der Waals surface area contributed by atoms with Gasteiger partial charge in [-0.15, -0.1) is 0 Å². The molecule has 94 valence electrons. The summed E-state index contributed by atoms with van der Waals surface area (Å²) in [6, 6.07) is 12.0. The van der Waals surface area contributed by atoms with Crippen LogP contribution >= 0.6 is 0 Å². The Morgan fingerprint density at radius 2 is 2.11 bits per heavy atom. The van der Waals surface area contributed by atoms with Crippen molar-refractivity contribution in [2.75, 3.05) is 7.11 Å². The SMILES string of the molecule is COc1ccc2[nH]c(/C=C\c3cccnc3)cc2c1. The van der Waals surface area contributed by atoms with Crippen molar-refractivity contribution in [2.45, 2.75) is 0 Å². The van der Waals surface area contributed by atoms with Gasteiger partial charge in [0.15, 0.2) is 0 Å². The molecule has 0 saturated heterocycles. The van der Waals surface area contributed by atoms with E-state index in [2.05, 4.69) is 16.0 Å². The Balaban J connectivity index is 1.91. The lowest BCUT2D eigenvalue weighted by molar-refractivity contribution is 0.415. The molecule has 0 saturated carbocycles. The molecule has 3 rings (SSSR count). The van der Waals surface area contributed by atoms with Crippen molar-refractivity contribution in [2.24, 2.45) is 0 Å². The third-order valence-corrected chi connectivity index (χ3v) is 2.99. The van der Waals surface area contributed by atoms with Crippen molar-refractivity contribution in [1.82, 2.24) is 9.97 Å². The van der Waals surface area contributed by atoms with E-state index in [1.165, 1.54) is 0 Å². The maximum Gasteiger partial charge on any atom is 0.119 e. The lowest BCUT2D eigenvalue weighted by Gasteiger charge is -1.97. The van der Waals surface area contributed by atoms with Gasteiger partial charge in [0.2, 0.25) is 0 Å². The van der Waals surface area contributed by atoms with Gasteiger partial charge in [0.05, 0.1) is 7.11 Å². The highest BCUT2D eigenvalue weighted by Crippen LogP contribution is 2.22. The number of hydrogen-bond acceptors (Lipinski definition) is 2. The largest absolute Gasteiger partial charge is 0.497 e. The average molecular weight is 250 g/mol. The molecule has 1 aromatic carbocycles. The minimum atomic E-state index is 0.870. The first-order valence-electron chi connectivity index (χ1n) is 6.10. The molecule has 0 radical (unpaired) electrons. The molecule has 0 bridgehead atoms. The smallest absolute Gasteiger partial charge is 0.119 e. The van der Waals surface area contributed by atoms with Crippen LogP contribution in [0.2, 0.25) is 0 Å². The van der Waals surface area contributed by atoms with Crippen LogP contribution in [-0.2, 0) is 0 Å². The van der Waals surface area contributed by atoms with Crippen molar-refractivity contribution in [3.8, 4) is 5.75 Å². The van der Waals surface area contributed by atoms with Gasteiger partial charge in [0, 0.05) is 29.0 Å². The lowest BCUT2D eigenvalue weighted by Crippen LogP contribution is -1.80. The monoisotopic (exact) mass is 250 g/mol. The Hall–Kier alpha value is -2.55. The van der Waals surface area contributed by atoms with Crippen molar-refractivity contribution >= 4 is 23.1 Å². The Morgan fingerprint density at radius 3 is 2.89 bits per heavy atom. The molecule has 2 aromatic heterocycles. The van der Waals surface area contributed by atoms with Crippen LogP contribution < -0.4 is 4.74 Å². The second-order valence-corrected chi connectivity index (χ2v) is 4.30. The summed E-state index contributed by atoms with van der Waals surface area (Å²) >= 11 is 0. The molecule has 3 heteroatoms. The number of ether oxygens (including phenoxy) is 1. The molecule has 2 heterocycles. The number of nitrogens with one attached hydrogen (secondary N) is 1. The Morgan fingerprint density at radius 1 is 1.16 bits per heavy atom. The minimum absolute atomic E-state index is 0.870. The molecule has 0 atom stereocenters. The first-order valence-corrected chi connectivity index (χ1v) is 6.10. The van der Waals surface area contributed by atoms with Crippen LogP contribution in [0.25, 0.3) is 23.1 Å². The number of H-pyrrole nitrogens is 1. The van der Waals surface area contributed by atoms with Crippen LogP contribution in [-0.4, -0.2) is 17.1 Å². The summed E-state index contributed by atoms with van der Waals surface area (Å²) in [5.41, 5.74) is 3.25. The molecule has 0 aliphatic rings. The van der Waals surface area contributed by atoms with Crippen LogP contribution in [0.3, 0.4) is 0 Å². The van der Waals surface area contributed by atoms with E-state index in [4.69, 9.17) is 4.74 Å². The van der Waals surface area contributed by atoms with Crippen molar-refractivity contribution < 1.29 is 4.74 Å². The fourth-order valence-corrected chi connectivity index (χ4v) is 2.01. The quantitative estimate of drug-likeness (QED) is 0.769. The summed E-state index contributed by atoms with van der Waals surface area (Å²) in [6.45, 7) is 0. The van der Waals surface area contributed by atoms with E-state index in [1.807, 2.05) is 48.7 Å². The van der Waals surface area contributed by atoms with E-state index >= 15 is 0 Å². The predicted molar refractivity (Wildman–Crippen MR) is 78.0 cm³/mol. The Bertz CT molecular complexity index is 714. The normalized spacial score (nSPS) is 11.2. The van der Waals surface area contributed by atoms with E-state index in [-0.39, 0.29) is 0 Å². The van der Waals surface area contributed by atoms with Gasteiger partial charge in [0.1, 0.15) is 5.75 Å². The highest BCUT2D eigenvalue weighted by Gasteiger charge is 2.00. The topological polar surface area (TPSA) is 37.9 Å². The fourth-order valence-electron chi connectivity index (χ4n) is 2.01. The highest BCUT2D eigenvalue weighted by molar-refractivity contribution is 5.85. The summed E-state index contributed by atoms with van der Waals surface area (Å²) in [5.74, 6) is 0.870. The summed E-state index contributed by atoms with van der Waals surface area (Å²) in [4.78, 5) is 7.44. The molecule has 0 aliphatic carbocycles. The van der Waals surface area contributed by atoms with Gasteiger partial charge in [-0.05, 0) is 42.0 Å². The van der Waals surface area contributed by atoms with Gasteiger partial charge in [0.25, 0.3) is 0 Å². The van der Waals surface area contributed by atoms with Gasteiger partial charge in [-0.25, -0.2) is 0 Å². The van der Waals surface area contributed by atoms with Crippen molar-refractivity contribution in [3.05, 3.63) is 60.0 Å². The van der Waals surface area contributed by atoms with Crippen LogP contribution in [0.15, 0.2) is 48.8 Å². The first kappa shape index (κ1) is 11.5. The summed E-state index contributed by atoms with van der Waals surface area (Å²) in [5, 5.41) is 1.14. The van der Waals surface area contributed by atoms with Crippen LogP contribution in [0.4, 0.5) is 0 Å². The number of aromatic nitrogens is 2. The van der Waals surface area contributed by atoms with Crippen LogP contribution in [0.1, 0.15) is 11.3 Å². The Labute approximate surface area is 111 Å². The predicted octanol–water partition coefficient (Wildman–Crippen LogP) is 3.74. The number of benzene rings is 1. The zero-order valence-corrected chi connectivity index (χ0v) is 10.6. The van der Waals surface area contributed by atoms with E-state index in [9.17, 15) is 0 Å². The summed E-state index contributed by atoms with van der Waals surface area (Å²) in [7, 11) is 1.68. The second-order valence-electron chi connectivity index (χ2n) is 4.30. The number of rotatable bonds is 3. The minimum Gasteiger partial charge on any atom is -0.497 e. The second kappa shape index (κ2) is 4.98. The maximum atomic E-state index is 5.22. The number of fused-ring (bicyclic) bond motifs is 1. The third kappa shape index (κ3) is 2.50. The number of methoxy groups -OCH3 is 1. The van der Waals surface area contributed by atoms with Gasteiger partial charge in [-0.3, -0.25) is 4.98 Å². The molecule has 0 fully saturated rings. The Kier molecular flexibility index (Phi) is 3.02. The molecule has 3 nitrogen and oxygen atoms in total. The third-order valence-electron chi connectivity index (χ3n) is 2.99. The van der Waals surface area contributed by atoms with Crippen molar-refractivity contribution in [3.63, 3.8) is 0 Å². The number of hydrogen-bond donors (Lipinski definition) is 1. The zero-order chi connectivity index (χ0) is 13.1. The molecule has 3 aromatic rings. The molecule has 0 aliphatic heterocycles. The van der Waals surface area contributed by atoms with Gasteiger partial charge < -0.3 is 9.72 Å². The van der Waals surface area contributed by atoms with E-state index in [0.717, 1.165) is 27.9 Å². The molecule has 0 spiro atoms. The van der Waals surface area contributed by atoms with E-state index < -0.39 is 0 Å². The summed E-state index contributed by atoms with van der Waals surface area (Å²) < 4.78 is 5.22. The molecule has 0 amide bonds. The highest BCUT2D eigenvalue weighted by atomic mass is 16.5. The van der Waals surface area contributed by atoms with Crippen LogP contribution in [0.5, 0.6) is 5.75 Å². The first-order chi connectivity index (χ1) is 9.35. The lowest BCUT2D eigenvalue weighted by atomic mass is 10.2. The average Bonchev–Trinajstić information content (AvgIpc) is 2.88. The summed E-state index contributed by atoms with van der Waals surface area (Å²) in [6.07, 6.45) is 7.69. The maximum absolute atomic E-state index is 5.22. The standard InChI is InChI=1S/C16H14N2O/c1-19-15-6-7-16-13(10-15)9-14(18-16)5-4-12-3-2-8-17-11-12/h2-11,18H,1H3/b5-4-. The van der Waals surface area contributed by atoms with Gasteiger partial charge in [-0.2, -0.15) is 0 Å². The van der Waals surface area contributed by atoms with E-state index in [0.29, 0.717) is 0 Å². The number of pyridine rings is 1. The molecule has 1 N–H and O–H groups in total. The van der Waals surface area contributed by atoms with E-state index in [1.54, 1.807) is 13.3 Å². The zero-order valence-electron chi connectivity index (χ0n) is 10.6. The number of aromatic amines is 1. The number of nitrogens with zero attached hydrogens (tertiary/aromatic N) is 1. The van der Waals surface area contributed by atoms with Crippen molar-refractivity contribution in [1.29, 1.82) is 0 Å². The molecular weight excluding hydrogens is 236 g/mol. The van der Waals surface area contributed by atoms with Gasteiger partial charge >= 0.3 is 0 Å². The van der Waals surface area contributed by atoms with Gasteiger partial charge in [-0.1, -0.05) is 12.1 Å². The fraction of sp³-hybridized carbons (Fsp3) is 0.0625. The molecular formula is C16H14N2O. The molecule has 19 heavy (non-hydrogen) atoms. The molecule has 0 unspecified atom stereocenters.